The maximum atomic E-state index is 12.5. The number of carbonyl (C=O) groups is 1. The Bertz CT molecular complexity index is 950. The number of hydrogen-bond donors (Lipinski definition) is 1. The van der Waals surface area contributed by atoms with Crippen LogP contribution >= 0.6 is 11.8 Å². The number of thioether (sulfide) groups is 1. The lowest BCUT2D eigenvalue weighted by atomic mass is 10.00. The number of amides is 1. The van der Waals surface area contributed by atoms with Gasteiger partial charge in [-0.05, 0) is 50.2 Å². The van der Waals surface area contributed by atoms with E-state index in [1.165, 1.54) is 17.8 Å². The van der Waals surface area contributed by atoms with E-state index in [0.717, 1.165) is 61.4 Å². The highest BCUT2D eigenvalue weighted by atomic mass is 32.2. The molecule has 30 heavy (non-hydrogen) atoms. The number of aromatic nitrogens is 3. The monoisotopic (exact) mass is 430 g/mol. The molecular weight excluding hydrogens is 404 g/mol. The summed E-state index contributed by atoms with van der Waals surface area (Å²) in [6, 6.07) is 5.17. The third kappa shape index (κ3) is 4.58. The van der Waals surface area contributed by atoms with Crippen molar-refractivity contribution in [1.82, 2.24) is 14.8 Å². The number of rotatable bonds is 7. The highest BCUT2D eigenvalue weighted by molar-refractivity contribution is 7.99. The van der Waals surface area contributed by atoms with Crippen LogP contribution in [-0.2, 0) is 4.79 Å². The zero-order valence-electron chi connectivity index (χ0n) is 17.2. The van der Waals surface area contributed by atoms with Crippen molar-refractivity contribution in [1.29, 1.82) is 0 Å². The van der Waals surface area contributed by atoms with Gasteiger partial charge in [0, 0.05) is 25.2 Å². The summed E-state index contributed by atoms with van der Waals surface area (Å²) < 4.78 is 2.17. The number of carbonyl (C=O) groups excluding carboxylic acids is 1. The fourth-order valence-electron chi connectivity index (χ4n) is 3.66. The Morgan fingerprint density at radius 2 is 2.00 bits per heavy atom. The van der Waals surface area contributed by atoms with Crippen LogP contribution in [0.15, 0.2) is 23.4 Å². The lowest BCUT2D eigenvalue weighted by Crippen LogP contribution is -2.34. The fourth-order valence-corrected chi connectivity index (χ4v) is 4.46. The summed E-state index contributed by atoms with van der Waals surface area (Å²) in [7, 11) is 0. The quantitative estimate of drug-likeness (QED) is 0.404. The van der Waals surface area contributed by atoms with Gasteiger partial charge < -0.3 is 10.2 Å². The molecule has 1 aromatic heterocycles. The predicted octanol–water partition coefficient (Wildman–Crippen LogP) is 3.80. The molecule has 160 valence electrons. The highest BCUT2D eigenvalue weighted by Gasteiger charge is 2.32. The summed E-state index contributed by atoms with van der Waals surface area (Å²) in [6.45, 7) is 6.02. The third-order valence-electron chi connectivity index (χ3n) is 5.58. The molecule has 1 N–H and O–H groups in total. The average Bonchev–Trinajstić information content (AvgIpc) is 3.47. The van der Waals surface area contributed by atoms with Gasteiger partial charge in [0.05, 0.1) is 10.7 Å². The van der Waals surface area contributed by atoms with E-state index in [9.17, 15) is 14.9 Å². The van der Waals surface area contributed by atoms with Crippen LogP contribution in [0.25, 0.3) is 0 Å². The summed E-state index contributed by atoms with van der Waals surface area (Å²) in [5.41, 5.74) is 0.880. The zero-order chi connectivity index (χ0) is 21.3. The first-order valence-electron chi connectivity index (χ1n) is 10.3. The van der Waals surface area contributed by atoms with Crippen molar-refractivity contribution in [2.75, 3.05) is 29.1 Å². The van der Waals surface area contributed by atoms with Gasteiger partial charge in [-0.15, -0.1) is 10.2 Å². The van der Waals surface area contributed by atoms with Gasteiger partial charge in [0.2, 0.25) is 11.9 Å². The number of piperidine rings is 1. The van der Waals surface area contributed by atoms with E-state index in [0.29, 0.717) is 6.04 Å². The summed E-state index contributed by atoms with van der Waals surface area (Å²) in [5, 5.41) is 23.4. The second-order valence-electron chi connectivity index (χ2n) is 8.17. The van der Waals surface area contributed by atoms with Gasteiger partial charge in [0.25, 0.3) is 5.69 Å². The number of nitro benzene ring substituents is 1. The standard InChI is InChI=1S/C20H26N6O3S/c1-13-7-9-24(10-8-13)19-22-23-20(25(19)15-4-5-15)30-12-18(27)21-16-6-3-14(2)11-17(16)26(28)29/h3,6,11,13,15H,4-5,7-10,12H2,1-2H3,(H,21,27). The molecule has 0 radical (unpaired) electrons. The van der Waals surface area contributed by atoms with E-state index in [2.05, 4.69) is 31.9 Å². The smallest absolute Gasteiger partial charge is 0.293 e. The van der Waals surface area contributed by atoms with Crippen LogP contribution in [0.4, 0.5) is 17.3 Å². The molecule has 1 aromatic carbocycles. The number of nitro groups is 1. The van der Waals surface area contributed by atoms with E-state index >= 15 is 0 Å². The molecule has 1 aliphatic carbocycles. The molecule has 10 heteroatoms. The van der Waals surface area contributed by atoms with Gasteiger partial charge in [-0.1, -0.05) is 24.8 Å². The summed E-state index contributed by atoms with van der Waals surface area (Å²) in [6.07, 6.45) is 4.50. The molecule has 1 saturated heterocycles. The van der Waals surface area contributed by atoms with E-state index < -0.39 is 4.92 Å². The molecule has 2 aliphatic rings. The Hall–Kier alpha value is -2.62. The second-order valence-corrected chi connectivity index (χ2v) is 9.11. The first-order valence-corrected chi connectivity index (χ1v) is 11.3. The SMILES string of the molecule is Cc1ccc(NC(=O)CSc2nnc(N3CCC(C)CC3)n2C2CC2)c([N+](=O)[O-])c1. The van der Waals surface area contributed by atoms with Gasteiger partial charge in [0.1, 0.15) is 5.69 Å². The lowest BCUT2D eigenvalue weighted by Gasteiger charge is -2.31. The van der Waals surface area contributed by atoms with Crippen molar-refractivity contribution >= 4 is 35.0 Å². The van der Waals surface area contributed by atoms with Gasteiger partial charge >= 0.3 is 0 Å². The van der Waals surface area contributed by atoms with Crippen molar-refractivity contribution in [3.63, 3.8) is 0 Å². The fraction of sp³-hybridized carbons (Fsp3) is 0.550. The Morgan fingerprint density at radius 1 is 1.27 bits per heavy atom. The maximum Gasteiger partial charge on any atom is 0.293 e. The molecule has 1 aliphatic heterocycles. The summed E-state index contributed by atoms with van der Waals surface area (Å²) in [4.78, 5) is 25.5. The third-order valence-corrected chi connectivity index (χ3v) is 6.52. The van der Waals surface area contributed by atoms with Crippen LogP contribution in [0.5, 0.6) is 0 Å². The molecule has 1 saturated carbocycles. The van der Waals surface area contributed by atoms with Crippen LogP contribution in [0.2, 0.25) is 0 Å². The molecule has 2 heterocycles. The molecule has 2 fully saturated rings. The molecule has 4 rings (SSSR count). The zero-order valence-corrected chi connectivity index (χ0v) is 18.0. The molecule has 0 spiro atoms. The highest BCUT2D eigenvalue weighted by Crippen LogP contribution is 2.41. The minimum absolute atomic E-state index is 0.101. The average molecular weight is 431 g/mol. The van der Waals surface area contributed by atoms with Crippen molar-refractivity contribution < 1.29 is 9.72 Å². The van der Waals surface area contributed by atoms with Crippen LogP contribution < -0.4 is 10.2 Å². The maximum absolute atomic E-state index is 12.5. The molecule has 1 amide bonds. The topological polar surface area (TPSA) is 106 Å². The lowest BCUT2D eigenvalue weighted by molar-refractivity contribution is -0.384. The Labute approximate surface area is 179 Å². The van der Waals surface area contributed by atoms with Crippen LogP contribution in [0, 0.1) is 23.0 Å². The number of anilines is 2. The number of nitrogens with zero attached hydrogens (tertiary/aromatic N) is 5. The minimum Gasteiger partial charge on any atom is -0.341 e. The van der Waals surface area contributed by atoms with E-state index in [1.807, 2.05) is 0 Å². The minimum atomic E-state index is -0.481. The van der Waals surface area contributed by atoms with Crippen LogP contribution in [-0.4, -0.2) is 44.4 Å². The van der Waals surface area contributed by atoms with E-state index in [-0.39, 0.29) is 23.0 Å². The second kappa shape index (κ2) is 8.63. The first kappa shape index (κ1) is 20.6. The van der Waals surface area contributed by atoms with Crippen LogP contribution in [0.3, 0.4) is 0 Å². The van der Waals surface area contributed by atoms with Gasteiger partial charge in [-0.25, -0.2) is 0 Å². The molecule has 2 aromatic rings. The van der Waals surface area contributed by atoms with Crippen molar-refractivity contribution in [3.8, 4) is 0 Å². The number of nitrogens with one attached hydrogen (secondary N) is 1. The normalized spacial score (nSPS) is 17.2. The Morgan fingerprint density at radius 3 is 2.67 bits per heavy atom. The first-order chi connectivity index (χ1) is 14.4. The summed E-state index contributed by atoms with van der Waals surface area (Å²) in [5.74, 6) is 1.46. The van der Waals surface area contributed by atoms with E-state index in [4.69, 9.17) is 0 Å². The summed E-state index contributed by atoms with van der Waals surface area (Å²) >= 11 is 1.33. The van der Waals surface area contributed by atoms with Gasteiger partial charge in [-0.2, -0.15) is 0 Å². The van der Waals surface area contributed by atoms with Crippen molar-refractivity contribution in [2.45, 2.75) is 50.7 Å². The molecule has 0 atom stereocenters. The van der Waals surface area contributed by atoms with Crippen molar-refractivity contribution in [3.05, 3.63) is 33.9 Å². The Kier molecular flexibility index (Phi) is 5.94. The number of benzene rings is 1. The predicted molar refractivity (Wildman–Crippen MR) is 116 cm³/mol. The number of hydrogen-bond acceptors (Lipinski definition) is 7. The Balaban J connectivity index is 1.43. The molecule has 0 bridgehead atoms. The van der Waals surface area contributed by atoms with Gasteiger partial charge in [-0.3, -0.25) is 19.5 Å². The molecular formula is C20H26N6O3S. The van der Waals surface area contributed by atoms with Crippen LogP contribution in [0.1, 0.15) is 44.2 Å². The number of aryl methyl sites for hydroxylation is 1. The molecule has 0 unspecified atom stereocenters. The van der Waals surface area contributed by atoms with E-state index in [1.54, 1.807) is 19.1 Å². The largest absolute Gasteiger partial charge is 0.341 e. The van der Waals surface area contributed by atoms with Crippen molar-refractivity contribution in [2.24, 2.45) is 5.92 Å². The molecule has 9 nitrogen and oxygen atoms in total. The van der Waals surface area contributed by atoms with Gasteiger partial charge in [0.15, 0.2) is 5.16 Å².